The first-order chi connectivity index (χ1) is 14.7. The molecule has 0 aliphatic rings. The third-order valence-electron chi connectivity index (χ3n) is 4.71. The van der Waals surface area contributed by atoms with Crippen LogP contribution in [0, 0.1) is 0 Å². The number of methoxy groups -OCH3 is 1. The van der Waals surface area contributed by atoms with Gasteiger partial charge in [-0.2, -0.15) is 0 Å². The van der Waals surface area contributed by atoms with Crippen molar-refractivity contribution >= 4 is 0 Å². The average Bonchev–Trinajstić information content (AvgIpc) is 3.22. The lowest BCUT2D eigenvalue weighted by atomic mass is 10.1. The molecule has 0 saturated carbocycles. The van der Waals surface area contributed by atoms with Crippen LogP contribution in [0.2, 0.25) is 0 Å². The van der Waals surface area contributed by atoms with Crippen molar-refractivity contribution in [3.05, 3.63) is 85.5 Å². The number of nitrogens with zero attached hydrogens (tertiary/aromatic N) is 3. The predicted molar refractivity (Wildman–Crippen MR) is 115 cm³/mol. The van der Waals surface area contributed by atoms with Gasteiger partial charge in [0.15, 0.2) is 0 Å². The number of hydrogen-bond donors (Lipinski definition) is 1. The highest BCUT2D eigenvalue weighted by molar-refractivity contribution is 5.78. The summed E-state index contributed by atoms with van der Waals surface area (Å²) in [5, 5.41) is 10.6. The molecule has 6 heteroatoms. The lowest BCUT2D eigenvalue weighted by Crippen LogP contribution is -2.23. The van der Waals surface area contributed by atoms with Crippen molar-refractivity contribution in [2.45, 2.75) is 12.6 Å². The fraction of sp³-hybridized carbons (Fsp3) is 0.167. The lowest BCUT2D eigenvalue weighted by Gasteiger charge is -2.16. The van der Waals surface area contributed by atoms with Gasteiger partial charge in [0.1, 0.15) is 24.2 Å². The summed E-state index contributed by atoms with van der Waals surface area (Å²) in [7, 11) is 1.61. The molecule has 6 nitrogen and oxygen atoms in total. The molecule has 152 valence electrons. The number of hydrogen-bond acceptors (Lipinski definition) is 5. The number of aromatic nitrogens is 3. The molecule has 2 aromatic carbocycles. The maximum atomic E-state index is 10.6. The van der Waals surface area contributed by atoms with E-state index in [0.29, 0.717) is 18.0 Å². The number of imidazole rings is 1. The molecule has 0 aliphatic heterocycles. The molecule has 0 spiro atoms. The molecule has 30 heavy (non-hydrogen) atoms. The predicted octanol–water partition coefficient (Wildman–Crippen LogP) is 4.06. The fourth-order valence-electron chi connectivity index (χ4n) is 3.30. The maximum absolute atomic E-state index is 10.6. The van der Waals surface area contributed by atoms with Crippen molar-refractivity contribution < 1.29 is 14.6 Å². The van der Waals surface area contributed by atoms with Crippen molar-refractivity contribution in [1.82, 2.24) is 14.5 Å². The van der Waals surface area contributed by atoms with Gasteiger partial charge < -0.3 is 19.1 Å². The van der Waals surface area contributed by atoms with Gasteiger partial charge in [-0.05, 0) is 24.3 Å². The van der Waals surface area contributed by atoms with Gasteiger partial charge >= 0.3 is 0 Å². The van der Waals surface area contributed by atoms with Gasteiger partial charge in [0, 0.05) is 29.6 Å². The summed E-state index contributed by atoms with van der Waals surface area (Å²) in [6, 6.07) is 21.2. The normalized spacial score (nSPS) is 11.8. The van der Waals surface area contributed by atoms with Crippen LogP contribution < -0.4 is 9.47 Å². The minimum Gasteiger partial charge on any atom is -0.497 e. The van der Waals surface area contributed by atoms with E-state index in [-0.39, 0.29) is 6.61 Å². The summed E-state index contributed by atoms with van der Waals surface area (Å²) < 4.78 is 12.9. The summed E-state index contributed by atoms with van der Waals surface area (Å²) in [5.41, 5.74) is 3.71. The van der Waals surface area contributed by atoms with Gasteiger partial charge in [0.2, 0.25) is 0 Å². The highest BCUT2D eigenvalue weighted by atomic mass is 16.5. The van der Waals surface area contributed by atoms with E-state index in [1.165, 1.54) is 0 Å². The summed E-state index contributed by atoms with van der Waals surface area (Å²) in [4.78, 5) is 8.87. The first-order valence-corrected chi connectivity index (χ1v) is 9.70. The van der Waals surface area contributed by atoms with Crippen LogP contribution >= 0.6 is 0 Å². The molecule has 0 aliphatic carbocycles. The molecule has 0 radical (unpaired) electrons. The van der Waals surface area contributed by atoms with Gasteiger partial charge in [-0.3, -0.25) is 4.98 Å². The van der Waals surface area contributed by atoms with Crippen LogP contribution in [-0.2, 0) is 6.54 Å². The van der Waals surface area contributed by atoms with Crippen molar-refractivity contribution in [1.29, 1.82) is 0 Å². The number of aliphatic hydroxyl groups is 1. The summed E-state index contributed by atoms with van der Waals surface area (Å²) in [6.45, 7) is 0.493. The maximum Gasteiger partial charge on any atom is 0.123 e. The van der Waals surface area contributed by atoms with E-state index in [2.05, 4.69) is 9.97 Å². The highest BCUT2D eigenvalue weighted by Crippen LogP contribution is 2.31. The highest BCUT2D eigenvalue weighted by Gasteiger charge is 2.17. The topological polar surface area (TPSA) is 69.4 Å². The van der Waals surface area contributed by atoms with Gasteiger partial charge in [-0.1, -0.05) is 36.4 Å². The van der Waals surface area contributed by atoms with E-state index in [1.807, 2.05) is 65.2 Å². The summed E-state index contributed by atoms with van der Waals surface area (Å²) in [6.07, 6.45) is 4.58. The Morgan fingerprint density at radius 2 is 1.77 bits per heavy atom. The summed E-state index contributed by atoms with van der Waals surface area (Å²) in [5.74, 6) is 1.36. The summed E-state index contributed by atoms with van der Waals surface area (Å²) >= 11 is 0. The standard InChI is InChI=1S/C24H23N3O3/c1-29-21-10-5-11-22(13-21)30-16-20(28)15-27-17-26-23(18-7-3-2-4-8-18)24(27)19-9-6-12-25-14-19/h2-14,17,20,28H,15-16H2,1H3/t20-/m1/s1. The minimum absolute atomic E-state index is 0.151. The first kappa shape index (κ1) is 19.7. The molecular weight excluding hydrogens is 378 g/mol. The molecule has 1 N–H and O–H groups in total. The molecule has 2 heterocycles. The van der Waals surface area contributed by atoms with E-state index >= 15 is 0 Å². The molecule has 1 atom stereocenters. The van der Waals surface area contributed by atoms with Crippen molar-refractivity contribution in [3.8, 4) is 34.0 Å². The Bertz CT molecular complexity index is 1080. The molecule has 0 saturated heterocycles. The van der Waals surface area contributed by atoms with E-state index in [9.17, 15) is 5.11 Å². The van der Waals surface area contributed by atoms with Gasteiger partial charge in [0.05, 0.1) is 31.4 Å². The Balaban J connectivity index is 1.55. The Hall–Kier alpha value is -3.64. The van der Waals surface area contributed by atoms with Crippen molar-refractivity contribution in [2.24, 2.45) is 0 Å². The molecule has 0 bridgehead atoms. The number of ether oxygens (including phenoxy) is 2. The molecule has 0 amide bonds. The van der Waals surface area contributed by atoms with Gasteiger partial charge in [0.25, 0.3) is 0 Å². The zero-order valence-electron chi connectivity index (χ0n) is 16.7. The van der Waals surface area contributed by atoms with Crippen molar-refractivity contribution in [2.75, 3.05) is 13.7 Å². The fourth-order valence-corrected chi connectivity index (χ4v) is 3.30. The second-order valence-electron chi connectivity index (χ2n) is 6.85. The van der Waals surface area contributed by atoms with Crippen LogP contribution in [-0.4, -0.2) is 39.5 Å². The van der Waals surface area contributed by atoms with Gasteiger partial charge in [-0.25, -0.2) is 4.98 Å². The Morgan fingerprint density at radius 3 is 2.53 bits per heavy atom. The van der Waals surface area contributed by atoms with Crippen LogP contribution in [0.25, 0.3) is 22.5 Å². The van der Waals surface area contributed by atoms with E-state index in [0.717, 1.165) is 22.5 Å². The zero-order chi connectivity index (χ0) is 20.8. The second kappa shape index (κ2) is 9.24. The monoisotopic (exact) mass is 401 g/mol. The largest absolute Gasteiger partial charge is 0.497 e. The first-order valence-electron chi connectivity index (χ1n) is 9.70. The molecule has 4 rings (SSSR count). The molecular formula is C24H23N3O3. The third kappa shape index (κ3) is 4.50. The van der Waals surface area contributed by atoms with Crippen LogP contribution in [0.1, 0.15) is 0 Å². The second-order valence-corrected chi connectivity index (χ2v) is 6.85. The van der Waals surface area contributed by atoms with Crippen LogP contribution in [0.5, 0.6) is 11.5 Å². The molecule has 2 aromatic heterocycles. The number of aliphatic hydroxyl groups excluding tert-OH is 1. The molecule has 0 unspecified atom stereocenters. The van der Waals surface area contributed by atoms with Crippen molar-refractivity contribution in [3.63, 3.8) is 0 Å². The van der Waals surface area contributed by atoms with Crippen LogP contribution in [0.4, 0.5) is 0 Å². The van der Waals surface area contributed by atoms with Crippen LogP contribution in [0.15, 0.2) is 85.5 Å². The number of rotatable bonds is 8. The Morgan fingerprint density at radius 1 is 0.967 bits per heavy atom. The zero-order valence-corrected chi connectivity index (χ0v) is 16.7. The third-order valence-corrected chi connectivity index (χ3v) is 4.71. The Kier molecular flexibility index (Phi) is 6.06. The average molecular weight is 401 g/mol. The quantitative estimate of drug-likeness (QED) is 0.482. The number of benzene rings is 2. The Labute approximate surface area is 175 Å². The molecule has 4 aromatic rings. The number of pyridine rings is 1. The van der Waals surface area contributed by atoms with E-state index in [1.54, 1.807) is 31.9 Å². The van der Waals surface area contributed by atoms with Crippen LogP contribution in [0.3, 0.4) is 0 Å². The van der Waals surface area contributed by atoms with E-state index < -0.39 is 6.10 Å². The van der Waals surface area contributed by atoms with E-state index in [4.69, 9.17) is 9.47 Å². The smallest absolute Gasteiger partial charge is 0.123 e. The SMILES string of the molecule is COc1cccc(OC[C@H](O)Cn2cnc(-c3ccccc3)c2-c2cccnc2)c1. The minimum atomic E-state index is -0.718. The molecule has 0 fully saturated rings. The van der Waals surface area contributed by atoms with Gasteiger partial charge in [-0.15, -0.1) is 0 Å². The lowest BCUT2D eigenvalue weighted by molar-refractivity contribution is 0.0927.